The highest BCUT2D eigenvalue weighted by atomic mass is 19.1. The fourth-order valence-corrected chi connectivity index (χ4v) is 3.65. The number of methoxy groups -OCH3 is 1. The standard InChI is InChI=1S/C26H24FN5O3/c1-3-32-15-18(10-13-21(32)33)23-22(16-8-11-19(27)12-9-16)31-25(28)24(30-23)26(34)29-14-17-6-4-5-7-20(17)35-2/h4-13,15H,3,14H2,1-2H3,(H2,28,31)(H,29,34). The first-order valence-electron chi connectivity index (χ1n) is 11.0. The number of nitrogens with two attached hydrogens (primary N) is 1. The number of nitrogens with one attached hydrogen (secondary N) is 1. The monoisotopic (exact) mass is 473 g/mol. The summed E-state index contributed by atoms with van der Waals surface area (Å²) in [6.45, 7) is 2.49. The van der Waals surface area contributed by atoms with Gasteiger partial charge in [0, 0.05) is 42.0 Å². The highest BCUT2D eigenvalue weighted by Gasteiger charge is 2.21. The molecule has 4 aromatic rings. The second kappa shape index (κ2) is 10.2. The van der Waals surface area contributed by atoms with E-state index in [4.69, 9.17) is 10.5 Å². The molecule has 0 fully saturated rings. The Bertz CT molecular complexity index is 1430. The number of ether oxygens (including phenoxy) is 1. The number of benzene rings is 2. The summed E-state index contributed by atoms with van der Waals surface area (Å²) < 4.78 is 20.4. The molecule has 0 saturated heterocycles. The third-order valence-electron chi connectivity index (χ3n) is 5.49. The van der Waals surface area contributed by atoms with Gasteiger partial charge in [0.25, 0.3) is 11.5 Å². The Labute approximate surface area is 201 Å². The van der Waals surface area contributed by atoms with Crippen molar-refractivity contribution in [1.29, 1.82) is 0 Å². The Hall–Kier alpha value is -4.53. The van der Waals surface area contributed by atoms with Gasteiger partial charge in [0.2, 0.25) is 0 Å². The Kier molecular flexibility index (Phi) is 6.86. The number of hydrogen-bond acceptors (Lipinski definition) is 6. The van der Waals surface area contributed by atoms with Gasteiger partial charge in [-0.2, -0.15) is 0 Å². The Balaban J connectivity index is 1.77. The van der Waals surface area contributed by atoms with Gasteiger partial charge in [0.1, 0.15) is 11.6 Å². The van der Waals surface area contributed by atoms with E-state index in [0.717, 1.165) is 5.56 Å². The van der Waals surface area contributed by atoms with E-state index in [1.807, 2.05) is 25.1 Å². The van der Waals surface area contributed by atoms with E-state index in [2.05, 4.69) is 15.3 Å². The van der Waals surface area contributed by atoms with Crippen LogP contribution in [0.25, 0.3) is 22.5 Å². The molecular weight excluding hydrogens is 449 g/mol. The number of rotatable bonds is 7. The van der Waals surface area contributed by atoms with Gasteiger partial charge in [-0.3, -0.25) is 9.59 Å². The highest BCUT2D eigenvalue weighted by molar-refractivity contribution is 5.98. The van der Waals surface area contributed by atoms with Crippen molar-refractivity contribution in [2.45, 2.75) is 20.0 Å². The van der Waals surface area contributed by atoms with Crippen molar-refractivity contribution in [3.05, 3.63) is 94.3 Å². The molecule has 35 heavy (non-hydrogen) atoms. The molecule has 0 unspecified atom stereocenters. The number of nitrogen functional groups attached to an aromatic ring is 1. The maximum Gasteiger partial charge on any atom is 0.274 e. The number of pyridine rings is 1. The predicted octanol–water partition coefficient (Wildman–Crippen LogP) is 3.65. The van der Waals surface area contributed by atoms with Crippen molar-refractivity contribution >= 4 is 11.7 Å². The van der Waals surface area contributed by atoms with Crippen molar-refractivity contribution in [3.63, 3.8) is 0 Å². The highest BCUT2D eigenvalue weighted by Crippen LogP contribution is 2.30. The maximum absolute atomic E-state index is 13.5. The Morgan fingerprint density at radius 2 is 1.71 bits per heavy atom. The molecule has 0 aliphatic rings. The molecule has 2 aromatic carbocycles. The summed E-state index contributed by atoms with van der Waals surface area (Å²) in [6, 6.07) is 16.1. The first kappa shape index (κ1) is 23.6. The lowest BCUT2D eigenvalue weighted by molar-refractivity contribution is 0.0946. The zero-order valence-corrected chi connectivity index (χ0v) is 19.3. The molecule has 0 radical (unpaired) electrons. The molecule has 9 heteroatoms. The fourth-order valence-electron chi connectivity index (χ4n) is 3.65. The van der Waals surface area contributed by atoms with Crippen LogP contribution in [0.15, 0.2) is 71.7 Å². The van der Waals surface area contributed by atoms with E-state index in [-0.39, 0.29) is 23.6 Å². The summed E-state index contributed by atoms with van der Waals surface area (Å²) in [5.74, 6) is -0.352. The lowest BCUT2D eigenvalue weighted by Gasteiger charge is -2.14. The van der Waals surface area contributed by atoms with Crippen molar-refractivity contribution in [2.75, 3.05) is 12.8 Å². The summed E-state index contributed by atoms with van der Waals surface area (Å²) in [5.41, 5.74) is 8.55. The van der Waals surface area contributed by atoms with Gasteiger partial charge >= 0.3 is 0 Å². The van der Waals surface area contributed by atoms with Crippen LogP contribution in [0.5, 0.6) is 5.75 Å². The predicted molar refractivity (Wildman–Crippen MR) is 131 cm³/mol. The second-order valence-corrected chi connectivity index (χ2v) is 7.70. The normalized spacial score (nSPS) is 10.7. The largest absolute Gasteiger partial charge is 0.496 e. The van der Waals surface area contributed by atoms with Crippen LogP contribution < -0.4 is 21.3 Å². The molecule has 8 nitrogen and oxygen atoms in total. The molecule has 0 saturated carbocycles. The quantitative estimate of drug-likeness (QED) is 0.424. The number of nitrogens with zero attached hydrogens (tertiary/aromatic N) is 3. The number of amides is 1. The molecule has 178 valence electrons. The summed E-state index contributed by atoms with van der Waals surface area (Å²) in [5, 5.41) is 2.80. The zero-order chi connectivity index (χ0) is 24.9. The van der Waals surface area contributed by atoms with Crippen LogP contribution in [0, 0.1) is 5.82 Å². The number of aromatic nitrogens is 3. The summed E-state index contributed by atoms with van der Waals surface area (Å²) in [4.78, 5) is 34.2. The van der Waals surface area contributed by atoms with E-state index < -0.39 is 11.7 Å². The summed E-state index contributed by atoms with van der Waals surface area (Å²) in [7, 11) is 1.56. The Morgan fingerprint density at radius 1 is 1.03 bits per heavy atom. The van der Waals surface area contributed by atoms with Crippen LogP contribution in [0.3, 0.4) is 0 Å². The fraction of sp³-hybridized carbons (Fsp3) is 0.154. The minimum Gasteiger partial charge on any atom is -0.496 e. The van der Waals surface area contributed by atoms with E-state index in [1.54, 1.807) is 37.6 Å². The average molecular weight is 474 g/mol. The summed E-state index contributed by atoms with van der Waals surface area (Å²) in [6.07, 6.45) is 1.64. The average Bonchev–Trinajstić information content (AvgIpc) is 2.88. The van der Waals surface area contributed by atoms with E-state index in [0.29, 0.717) is 34.8 Å². The first-order valence-corrected chi connectivity index (χ1v) is 11.0. The van der Waals surface area contributed by atoms with Crippen LogP contribution in [0.1, 0.15) is 23.0 Å². The lowest BCUT2D eigenvalue weighted by atomic mass is 10.0. The van der Waals surface area contributed by atoms with E-state index in [9.17, 15) is 14.0 Å². The van der Waals surface area contributed by atoms with Crippen LogP contribution in [0.2, 0.25) is 0 Å². The van der Waals surface area contributed by atoms with Crippen molar-refractivity contribution in [2.24, 2.45) is 0 Å². The van der Waals surface area contributed by atoms with Crippen LogP contribution in [-0.2, 0) is 13.1 Å². The third-order valence-corrected chi connectivity index (χ3v) is 5.49. The minimum atomic E-state index is -0.517. The van der Waals surface area contributed by atoms with Gasteiger partial charge in [-0.1, -0.05) is 18.2 Å². The molecule has 1 amide bonds. The number of halogens is 1. The number of para-hydroxylation sites is 1. The SMILES string of the molecule is CCn1cc(-c2nc(C(=O)NCc3ccccc3OC)c(N)nc2-c2ccc(F)cc2)ccc1=O. The van der Waals surface area contributed by atoms with Gasteiger partial charge < -0.3 is 20.4 Å². The number of aryl methyl sites for hydroxylation is 1. The number of carbonyl (C=O) groups excluding carboxylic acids is 1. The van der Waals surface area contributed by atoms with E-state index >= 15 is 0 Å². The molecule has 3 N–H and O–H groups in total. The molecule has 4 rings (SSSR count). The second-order valence-electron chi connectivity index (χ2n) is 7.70. The Morgan fingerprint density at radius 3 is 2.43 bits per heavy atom. The van der Waals surface area contributed by atoms with Crippen molar-refractivity contribution < 1.29 is 13.9 Å². The molecule has 0 bridgehead atoms. The smallest absolute Gasteiger partial charge is 0.274 e. The summed E-state index contributed by atoms with van der Waals surface area (Å²) >= 11 is 0. The number of anilines is 1. The van der Waals surface area contributed by atoms with Gasteiger partial charge in [0.15, 0.2) is 11.5 Å². The molecule has 2 heterocycles. The van der Waals surface area contributed by atoms with Gasteiger partial charge in [-0.25, -0.2) is 14.4 Å². The van der Waals surface area contributed by atoms with Crippen LogP contribution >= 0.6 is 0 Å². The molecule has 0 spiro atoms. The number of hydrogen-bond donors (Lipinski definition) is 2. The minimum absolute atomic E-state index is 0.0602. The lowest BCUT2D eigenvalue weighted by Crippen LogP contribution is -2.26. The number of carbonyl (C=O) groups is 1. The van der Waals surface area contributed by atoms with Gasteiger partial charge in [0.05, 0.1) is 18.5 Å². The van der Waals surface area contributed by atoms with Crippen LogP contribution in [0.4, 0.5) is 10.2 Å². The van der Waals surface area contributed by atoms with Crippen molar-refractivity contribution in [3.8, 4) is 28.3 Å². The molecule has 0 aliphatic heterocycles. The molecule has 0 atom stereocenters. The van der Waals surface area contributed by atoms with Gasteiger partial charge in [-0.15, -0.1) is 0 Å². The molecule has 2 aromatic heterocycles. The topological polar surface area (TPSA) is 112 Å². The third kappa shape index (κ3) is 5.03. The zero-order valence-electron chi connectivity index (χ0n) is 19.3. The van der Waals surface area contributed by atoms with Crippen LogP contribution in [-0.4, -0.2) is 27.6 Å². The van der Waals surface area contributed by atoms with E-state index in [1.165, 1.54) is 22.8 Å². The molecular formula is C26H24FN5O3. The molecule has 0 aliphatic carbocycles. The van der Waals surface area contributed by atoms with Gasteiger partial charge in [-0.05, 0) is 43.3 Å². The van der Waals surface area contributed by atoms with Crippen molar-refractivity contribution in [1.82, 2.24) is 19.9 Å². The maximum atomic E-state index is 13.5. The first-order chi connectivity index (χ1) is 16.9.